The topological polar surface area (TPSA) is 70.6 Å². The van der Waals surface area contributed by atoms with Gasteiger partial charge in [-0.15, -0.1) is 0 Å². The zero-order valence-corrected chi connectivity index (χ0v) is 17.0. The average Bonchev–Trinajstić information content (AvgIpc) is 2.78. The van der Waals surface area contributed by atoms with Gasteiger partial charge in [0.25, 0.3) is 5.91 Å². The van der Waals surface area contributed by atoms with E-state index in [1.807, 2.05) is 6.07 Å². The van der Waals surface area contributed by atoms with Crippen molar-refractivity contribution in [2.75, 3.05) is 26.2 Å². The zero-order chi connectivity index (χ0) is 22.2. The number of rotatable bonds is 3. The fraction of sp³-hybridized carbons (Fsp3) is 0.238. The maximum absolute atomic E-state index is 12.8. The summed E-state index contributed by atoms with van der Waals surface area (Å²) in [6.45, 7) is 0.488. The van der Waals surface area contributed by atoms with Crippen LogP contribution in [0.1, 0.15) is 15.9 Å². The summed E-state index contributed by atoms with van der Waals surface area (Å²) < 4.78 is 64.9. The van der Waals surface area contributed by atoms with Gasteiger partial charge in [0.2, 0.25) is 10.0 Å². The van der Waals surface area contributed by atoms with Crippen LogP contribution in [0, 0.1) is 0 Å². The van der Waals surface area contributed by atoms with E-state index in [1.165, 1.54) is 4.31 Å². The van der Waals surface area contributed by atoms with E-state index in [2.05, 4.69) is 4.98 Å². The van der Waals surface area contributed by atoms with Gasteiger partial charge >= 0.3 is 6.18 Å². The van der Waals surface area contributed by atoms with E-state index in [9.17, 15) is 26.4 Å². The van der Waals surface area contributed by atoms with Gasteiger partial charge in [-0.05, 0) is 48.5 Å². The van der Waals surface area contributed by atoms with Crippen LogP contribution in [0.2, 0.25) is 0 Å². The SMILES string of the molecule is O=C(c1ccc2ncccc2c1)N1CCN(S(=O)(=O)c2ccc(C(F)(F)F)cc2)CC1. The Bertz CT molecular complexity index is 1220. The first-order valence-corrected chi connectivity index (χ1v) is 10.9. The Morgan fingerprint density at radius 2 is 1.61 bits per heavy atom. The second-order valence-electron chi connectivity index (χ2n) is 7.13. The van der Waals surface area contributed by atoms with Crippen LogP contribution in [-0.2, 0) is 16.2 Å². The van der Waals surface area contributed by atoms with E-state index in [4.69, 9.17) is 0 Å². The number of alkyl halides is 3. The number of halogens is 3. The van der Waals surface area contributed by atoms with Gasteiger partial charge in [0, 0.05) is 43.3 Å². The molecule has 1 fully saturated rings. The van der Waals surface area contributed by atoms with Crippen molar-refractivity contribution in [1.29, 1.82) is 0 Å². The molecule has 1 aromatic heterocycles. The third kappa shape index (κ3) is 4.26. The highest BCUT2D eigenvalue weighted by Gasteiger charge is 2.33. The van der Waals surface area contributed by atoms with Gasteiger partial charge in [0.05, 0.1) is 16.0 Å². The molecule has 3 aromatic rings. The van der Waals surface area contributed by atoms with Crippen molar-refractivity contribution in [2.45, 2.75) is 11.1 Å². The molecule has 10 heteroatoms. The Kier molecular flexibility index (Phi) is 5.44. The van der Waals surface area contributed by atoms with Crippen molar-refractivity contribution in [3.05, 3.63) is 71.9 Å². The zero-order valence-electron chi connectivity index (χ0n) is 16.2. The minimum Gasteiger partial charge on any atom is -0.336 e. The molecule has 4 rings (SSSR count). The number of sulfonamides is 1. The Labute approximate surface area is 177 Å². The molecule has 1 amide bonds. The van der Waals surface area contributed by atoms with Gasteiger partial charge in [-0.1, -0.05) is 6.07 Å². The van der Waals surface area contributed by atoms with E-state index in [-0.39, 0.29) is 37.0 Å². The lowest BCUT2D eigenvalue weighted by Crippen LogP contribution is -2.50. The molecule has 0 aliphatic carbocycles. The van der Waals surface area contributed by atoms with E-state index in [1.54, 1.807) is 35.4 Å². The molecular weight excluding hydrogens is 431 g/mol. The first kappa shape index (κ1) is 21.3. The first-order valence-electron chi connectivity index (χ1n) is 9.48. The molecule has 0 atom stereocenters. The Hall–Kier alpha value is -2.98. The molecule has 1 aliphatic rings. The van der Waals surface area contributed by atoms with Crippen molar-refractivity contribution in [1.82, 2.24) is 14.2 Å². The number of hydrogen-bond acceptors (Lipinski definition) is 4. The van der Waals surface area contributed by atoms with Crippen LogP contribution >= 0.6 is 0 Å². The lowest BCUT2D eigenvalue weighted by atomic mass is 10.1. The molecule has 0 spiro atoms. The highest BCUT2D eigenvalue weighted by molar-refractivity contribution is 7.89. The molecule has 1 aliphatic heterocycles. The summed E-state index contributed by atoms with van der Waals surface area (Å²) in [5.74, 6) is -0.211. The molecule has 162 valence electrons. The van der Waals surface area contributed by atoms with Gasteiger partial charge in [-0.3, -0.25) is 9.78 Å². The number of aromatic nitrogens is 1. The van der Waals surface area contributed by atoms with Crippen molar-refractivity contribution < 1.29 is 26.4 Å². The molecule has 1 saturated heterocycles. The highest BCUT2D eigenvalue weighted by Crippen LogP contribution is 2.30. The number of carbonyl (C=O) groups is 1. The minimum atomic E-state index is -4.53. The predicted molar refractivity (Wildman–Crippen MR) is 108 cm³/mol. The summed E-state index contributed by atoms with van der Waals surface area (Å²) >= 11 is 0. The lowest BCUT2D eigenvalue weighted by Gasteiger charge is -2.34. The van der Waals surface area contributed by atoms with Gasteiger partial charge in [0.15, 0.2) is 0 Å². The van der Waals surface area contributed by atoms with Crippen molar-refractivity contribution in [2.24, 2.45) is 0 Å². The molecule has 0 N–H and O–H groups in total. The van der Waals surface area contributed by atoms with E-state index in [0.717, 1.165) is 35.2 Å². The summed E-state index contributed by atoms with van der Waals surface area (Å²) in [6.07, 6.45) is -2.87. The molecule has 0 radical (unpaired) electrons. The van der Waals surface area contributed by atoms with Crippen LogP contribution in [0.3, 0.4) is 0 Å². The van der Waals surface area contributed by atoms with E-state index >= 15 is 0 Å². The molecule has 0 bridgehead atoms. The van der Waals surface area contributed by atoms with Crippen LogP contribution in [0.5, 0.6) is 0 Å². The number of nitrogens with zero attached hydrogens (tertiary/aromatic N) is 3. The third-order valence-electron chi connectivity index (χ3n) is 5.20. The number of pyridine rings is 1. The van der Waals surface area contributed by atoms with Gasteiger partial charge < -0.3 is 4.90 Å². The maximum atomic E-state index is 12.8. The summed E-state index contributed by atoms with van der Waals surface area (Å²) in [7, 11) is -3.95. The maximum Gasteiger partial charge on any atom is 0.416 e. The number of carbonyl (C=O) groups excluding carboxylic acids is 1. The van der Waals surface area contributed by atoms with E-state index in [0.29, 0.717) is 5.56 Å². The van der Waals surface area contributed by atoms with Crippen molar-refractivity contribution in [3.8, 4) is 0 Å². The fourth-order valence-electron chi connectivity index (χ4n) is 3.49. The number of hydrogen-bond donors (Lipinski definition) is 0. The number of benzene rings is 2. The monoisotopic (exact) mass is 449 g/mol. The second kappa shape index (κ2) is 7.93. The number of amides is 1. The minimum absolute atomic E-state index is 0.0598. The van der Waals surface area contributed by atoms with Gasteiger partial charge in [-0.25, -0.2) is 8.42 Å². The predicted octanol–water partition coefficient (Wildman–Crippen LogP) is 3.40. The fourth-order valence-corrected chi connectivity index (χ4v) is 4.91. The van der Waals surface area contributed by atoms with Crippen LogP contribution in [0.4, 0.5) is 13.2 Å². The molecule has 2 heterocycles. The second-order valence-corrected chi connectivity index (χ2v) is 9.07. The van der Waals surface area contributed by atoms with Crippen molar-refractivity contribution in [3.63, 3.8) is 0 Å². The molecule has 31 heavy (non-hydrogen) atoms. The molecule has 0 unspecified atom stereocenters. The largest absolute Gasteiger partial charge is 0.416 e. The Balaban J connectivity index is 1.45. The summed E-state index contributed by atoms with van der Waals surface area (Å²) in [5, 5.41) is 0.830. The summed E-state index contributed by atoms with van der Waals surface area (Å²) in [6, 6.07) is 12.2. The summed E-state index contributed by atoms with van der Waals surface area (Å²) in [5.41, 5.74) is 0.346. The van der Waals surface area contributed by atoms with Crippen LogP contribution < -0.4 is 0 Å². The molecule has 0 saturated carbocycles. The van der Waals surface area contributed by atoms with Crippen LogP contribution in [-0.4, -0.2) is 54.7 Å². The third-order valence-corrected chi connectivity index (χ3v) is 7.11. The molecule has 6 nitrogen and oxygen atoms in total. The number of piperazine rings is 1. The van der Waals surface area contributed by atoms with Crippen LogP contribution in [0.25, 0.3) is 10.9 Å². The smallest absolute Gasteiger partial charge is 0.336 e. The molecule has 2 aromatic carbocycles. The first-order chi connectivity index (χ1) is 14.7. The Morgan fingerprint density at radius 3 is 2.26 bits per heavy atom. The quantitative estimate of drug-likeness (QED) is 0.615. The number of fused-ring (bicyclic) bond motifs is 1. The standard InChI is InChI=1S/C21H18F3N3O3S/c22-21(23,24)17-4-6-18(7-5-17)31(29,30)27-12-10-26(11-13-27)20(28)16-3-8-19-15(14-16)2-1-9-25-19/h1-9,14H,10-13H2. The summed E-state index contributed by atoms with van der Waals surface area (Å²) in [4.78, 5) is 18.4. The van der Waals surface area contributed by atoms with Gasteiger partial charge in [0.1, 0.15) is 0 Å². The van der Waals surface area contributed by atoms with Crippen LogP contribution in [0.15, 0.2) is 65.7 Å². The Morgan fingerprint density at radius 1 is 0.935 bits per heavy atom. The average molecular weight is 449 g/mol. The lowest BCUT2D eigenvalue weighted by molar-refractivity contribution is -0.137. The molecular formula is C21H18F3N3O3S. The van der Waals surface area contributed by atoms with Crippen molar-refractivity contribution >= 4 is 26.8 Å². The van der Waals surface area contributed by atoms with E-state index < -0.39 is 21.8 Å². The normalized spacial score (nSPS) is 15.9. The van der Waals surface area contributed by atoms with Gasteiger partial charge in [-0.2, -0.15) is 17.5 Å². The highest BCUT2D eigenvalue weighted by atomic mass is 32.2.